The van der Waals surface area contributed by atoms with Crippen LogP contribution in [0.5, 0.6) is 0 Å². The summed E-state index contributed by atoms with van der Waals surface area (Å²) < 4.78 is 62.4. The Morgan fingerprint density at radius 2 is 1.69 bits per heavy atom. The molecule has 1 saturated carbocycles. The summed E-state index contributed by atoms with van der Waals surface area (Å²) in [4.78, 5) is 21.5. The van der Waals surface area contributed by atoms with Gasteiger partial charge in [0.05, 0.1) is 37.0 Å². The van der Waals surface area contributed by atoms with Gasteiger partial charge in [0.15, 0.2) is 15.5 Å². The lowest BCUT2D eigenvalue weighted by atomic mass is 9.56. The standard InChI is InChI=1S/C39H54F2N4O5S/c1-50-37(47)21-29-5-2-8-36(29)39(28-42-15-4-16-42,31-6-3-7-32(40)22-31)30-13-17-43(18-14-30)25-38(41)26-45(27-38)33-9-11-34(12-10-33)51(48,49)35-23-44(24-35)19-20-46/h3,6-7,9-12,22,29-30,35-36,46H,2,4-5,8,13-21,23-28H2,1H3/t29-,36+,39+/m1/s1. The molecule has 280 valence electrons. The van der Waals surface area contributed by atoms with E-state index in [1.165, 1.54) is 13.2 Å². The quantitative estimate of drug-likeness (QED) is 0.289. The molecule has 9 nitrogen and oxygen atoms in total. The maximum absolute atomic E-state index is 16.2. The summed E-state index contributed by atoms with van der Waals surface area (Å²) in [5.74, 6) is 0.293. The Bertz CT molecular complexity index is 1620. The highest BCUT2D eigenvalue weighted by Gasteiger charge is 2.53. The van der Waals surface area contributed by atoms with Crippen molar-refractivity contribution in [2.24, 2.45) is 17.8 Å². The van der Waals surface area contributed by atoms with E-state index >= 15 is 4.39 Å². The normalized spacial score (nSPS) is 26.2. The van der Waals surface area contributed by atoms with E-state index in [-0.39, 0.29) is 59.5 Å². The number of rotatable bonds is 14. The van der Waals surface area contributed by atoms with E-state index in [0.29, 0.717) is 32.6 Å². The molecule has 1 N–H and O–H groups in total. The van der Waals surface area contributed by atoms with Gasteiger partial charge in [-0.05, 0) is 118 Å². The fraction of sp³-hybridized carbons (Fsp3) is 0.667. The highest BCUT2D eigenvalue weighted by Crippen LogP contribution is 2.54. The summed E-state index contributed by atoms with van der Waals surface area (Å²) >= 11 is 0. The number of sulfone groups is 1. The molecular formula is C39H54F2N4O5S. The highest BCUT2D eigenvalue weighted by atomic mass is 32.2. The Kier molecular flexibility index (Phi) is 10.8. The van der Waals surface area contributed by atoms with E-state index in [2.05, 4.69) is 15.9 Å². The predicted molar refractivity (Wildman–Crippen MR) is 193 cm³/mol. The zero-order chi connectivity index (χ0) is 35.8. The molecule has 2 aromatic carbocycles. The van der Waals surface area contributed by atoms with Crippen LogP contribution in [-0.2, 0) is 24.8 Å². The number of alkyl halides is 1. The summed E-state index contributed by atoms with van der Waals surface area (Å²) in [5.41, 5.74) is 0.206. The Hall–Kier alpha value is -2.64. The molecule has 4 heterocycles. The molecule has 51 heavy (non-hydrogen) atoms. The zero-order valence-electron chi connectivity index (χ0n) is 29.9. The van der Waals surface area contributed by atoms with Gasteiger partial charge in [0.2, 0.25) is 0 Å². The van der Waals surface area contributed by atoms with Crippen molar-refractivity contribution in [2.45, 2.75) is 66.2 Å². The predicted octanol–water partition coefficient (Wildman–Crippen LogP) is 4.14. The summed E-state index contributed by atoms with van der Waals surface area (Å²) in [6.45, 7) is 6.70. The van der Waals surface area contributed by atoms with E-state index in [1.807, 2.05) is 15.9 Å². The van der Waals surface area contributed by atoms with Gasteiger partial charge in [-0.2, -0.15) is 0 Å². The monoisotopic (exact) mass is 728 g/mol. The number of halogens is 2. The molecule has 0 bridgehead atoms. The van der Waals surface area contributed by atoms with Gasteiger partial charge in [-0.15, -0.1) is 0 Å². The number of hydrogen-bond acceptors (Lipinski definition) is 9. The van der Waals surface area contributed by atoms with Crippen LogP contribution in [-0.4, -0.2) is 131 Å². The minimum Gasteiger partial charge on any atom is -0.469 e. The van der Waals surface area contributed by atoms with E-state index in [9.17, 15) is 17.6 Å². The molecule has 2 aromatic rings. The van der Waals surface area contributed by atoms with Gasteiger partial charge >= 0.3 is 5.97 Å². The molecule has 4 aliphatic heterocycles. The maximum Gasteiger partial charge on any atom is 0.305 e. The molecule has 0 radical (unpaired) electrons. The topological polar surface area (TPSA) is 93.6 Å². The molecule has 7 rings (SSSR count). The summed E-state index contributed by atoms with van der Waals surface area (Å²) in [7, 11) is -1.99. The number of ether oxygens (including phenoxy) is 1. The van der Waals surface area contributed by atoms with Crippen molar-refractivity contribution >= 4 is 21.5 Å². The van der Waals surface area contributed by atoms with E-state index < -0.39 is 20.8 Å². The van der Waals surface area contributed by atoms with Gasteiger partial charge in [-0.3, -0.25) is 14.6 Å². The Labute approximate surface area is 301 Å². The summed E-state index contributed by atoms with van der Waals surface area (Å²) in [5, 5.41) is 8.63. The summed E-state index contributed by atoms with van der Waals surface area (Å²) in [6.07, 6.45) is 6.36. The average Bonchev–Trinajstić information content (AvgIpc) is 3.53. The number of aliphatic hydroxyl groups is 1. The number of carbonyl (C=O) groups is 1. The third kappa shape index (κ3) is 7.45. The molecule has 0 spiro atoms. The number of aliphatic hydroxyl groups excluding tert-OH is 1. The molecular weight excluding hydrogens is 675 g/mol. The smallest absolute Gasteiger partial charge is 0.305 e. The fourth-order valence-corrected chi connectivity index (χ4v) is 11.8. The number of hydrogen-bond donors (Lipinski definition) is 1. The first-order chi connectivity index (χ1) is 24.5. The number of nitrogens with zero attached hydrogens (tertiary/aromatic N) is 4. The molecule has 5 fully saturated rings. The van der Waals surface area contributed by atoms with E-state index in [1.54, 1.807) is 30.3 Å². The molecule has 1 aliphatic carbocycles. The van der Waals surface area contributed by atoms with Crippen LogP contribution in [0.25, 0.3) is 0 Å². The number of carbonyl (C=O) groups excluding carboxylic acids is 1. The van der Waals surface area contributed by atoms with Crippen LogP contribution < -0.4 is 4.90 Å². The zero-order valence-corrected chi connectivity index (χ0v) is 30.7. The first-order valence-corrected chi connectivity index (χ1v) is 20.5. The fourth-order valence-electron chi connectivity index (χ4n) is 10.0. The van der Waals surface area contributed by atoms with Crippen molar-refractivity contribution in [2.75, 3.05) is 90.6 Å². The number of likely N-dealkylation sites (tertiary alicyclic amines) is 3. The van der Waals surface area contributed by atoms with Gasteiger partial charge in [-0.25, -0.2) is 17.2 Å². The number of methoxy groups -OCH3 is 1. The van der Waals surface area contributed by atoms with Crippen LogP contribution in [0.4, 0.5) is 14.5 Å². The second kappa shape index (κ2) is 15.0. The van der Waals surface area contributed by atoms with Crippen molar-refractivity contribution in [3.63, 3.8) is 0 Å². The van der Waals surface area contributed by atoms with Crippen LogP contribution in [0.3, 0.4) is 0 Å². The molecule has 0 aromatic heterocycles. The third-order valence-corrected chi connectivity index (χ3v) is 15.0. The summed E-state index contributed by atoms with van der Waals surface area (Å²) in [6, 6.07) is 14.0. The minimum atomic E-state index is -3.45. The van der Waals surface area contributed by atoms with Crippen molar-refractivity contribution in [1.29, 1.82) is 0 Å². The van der Waals surface area contributed by atoms with Gasteiger partial charge in [0, 0.05) is 50.2 Å². The van der Waals surface area contributed by atoms with Crippen LogP contribution in [0.2, 0.25) is 0 Å². The largest absolute Gasteiger partial charge is 0.469 e. The van der Waals surface area contributed by atoms with Gasteiger partial charge in [-0.1, -0.05) is 18.6 Å². The number of piperidine rings is 1. The van der Waals surface area contributed by atoms with Gasteiger partial charge < -0.3 is 19.6 Å². The van der Waals surface area contributed by atoms with Gasteiger partial charge in [0.25, 0.3) is 0 Å². The second-order valence-corrected chi connectivity index (χ2v) is 18.2. The maximum atomic E-state index is 16.2. The Morgan fingerprint density at radius 1 is 0.961 bits per heavy atom. The van der Waals surface area contributed by atoms with Crippen LogP contribution >= 0.6 is 0 Å². The van der Waals surface area contributed by atoms with Crippen molar-refractivity contribution in [3.8, 4) is 0 Å². The lowest BCUT2D eigenvalue weighted by Gasteiger charge is -2.54. The number of β-amino-alcohol motifs (C(OH)–C–C–N with tert-alkyl or cyclic N) is 1. The van der Waals surface area contributed by atoms with Crippen molar-refractivity contribution in [1.82, 2.24) is 14.7 Å². The van der Waals surface area contributed by atoms with Gasteiger partial charge in [0.1, 0.15) is 5.82 Å². The van der Waals surface area contributed by atoms with E-state index in [4.69, 9.17) is 9.84 Å². The van der Waals surface area contributed by atoms with Crippen LogP contribution in [0.1, 0.15) is 50.5 Å². The first kappa shape index (κ1) is 36.7. The van der Waals surface area contributed by atoms with E-state index in [0.717, 1.165) is 82.5 Å². The van der Waals surface area contributed by atoms with Crippen LogP contribution in [0, 0.1) is 23.6 Å². The molecule has 3 atom stereocenters. The molecule has 4 saturated heterocycles. The Balaban J connectivity index is 1.00. The Morgan fingerprint density at radius 3 is 2.31 bits per heavy atom. The number of esters is 1. The lowest BCUT2D eigenvalue weighted by Crippen LogP contribution is -2.64. The first-order valence-electron chi connectivity index (χ1n) is 18.9. The van der Waals surface area contributed by atoms with Crippen LogP contribution in [0.15, 0.2) is 53.4 Å². The number of benzene rings is 2. The lowest BCUT2D eigenvalue weighted by molar-refractivity contribution is -0.142. The number of anilines is 1. The second-order valence-electron chi connectivity index (χ2n) is 16.0. The SMILES string of the molecule is COC(=O)C[C@H]1CCC[C@@H]1[C@](CN1CCC1)(c1cccc(F)c1)C1CCN(CC2(F)CN(c3ccc(S(=O)(=O)C4CN(CCO)C4)cc3)C2)CC1. The molecule has 0 amide bonds. The third-order valence-electron chi connectivity index (χ3n) is 12.9. The molecule has 12 heteroatoms. The van der Waals surface area contributed by atoms with Crippen molar-refractivity contribution in [3.05, 3.63) is 59.9 Å². The van der Waals surface area contributed by atoms with Crippen molar-refractivity contribution < 1.29 is 31.8 Å². The molecule has 0 unspecified atom stereocenters. The average molecular weight is 729 g/mol. The molecule has 5 aliphatic rings. The minimum absolute atomic E-state index is 0.0162. The highest BCUT2D eigenvalue weighted by molar-refractivity contribution is 7.92.